The summed E-state index contributed by atoms with van der Waals surface area (Å²) < 4.78 is 5.24. The van der Waals surface area contributed by atoms with Gasteiger partial charge in [-0.05, 0) is 42.4 Å². The molecule has 88 valence electrons. The molecule has 0 aliphatic heterocycles. The minimum Gasteiger partial charge on any atom is -0.497 e. The van der Waals surface area contributed by atoms with E-state index in [2.05, 4.69) is 24.5 Å². The first-order valence-electron chi connectivity index (χ1n) is 5.86. The minimum absolute atomic E-state index is 0.225. The highest BCUT2D eigenvalue weighted by Crippen LogP contribution is 2.42. The first-order chi connectivity index (χ1) is 7.76. The van der Waals surface area contributed by atoms with E-state index in [1.54, 1.807) is 7.11 Å². The molecule has 1 saturated carbocycles. The van der Waals surface area contributed by atoms with Gasteiger partial charge >= 0.3 is 0 Å². The molecule has 3 heteroatoms. The molecule has 0 aromatic heterocycles. The largest absolute Gasteiger partial charge is 0.497 e. The van der Waals surface area contributed by atoms with Gasteiger partial charge in [-0.2, -0.15) is 0 Å². The van der Waals surface area contributed by atoms with Crippen LogP contribution >= 0.6 is 0 Å². The van der Waals surface area contributed by atoms with Gasteiger partial charge in [0.05, 0.1) is 7.11 Å². The lowest BCUT2D eigenvalue weighted by Crippen LogP contribution is -2.33. The number of hydrazine groups is 1. The summed E-state index contributed by atoms with van der Waals surface area (Å²) in [6, 6.07) is 8.36. The quantitative estimate of drug-likeness (QED) is 0.591. The molecule has 1 aliphatic rings. The maximum absolute atomic E-state index is 5.67. The summed E-state index contributed by atoms with van der Waals surface area (Å²) in [4.78, 5) is 0. The van der Waals surface area contributed by atoms with Crippen LogP contribution in [0.3, 0.4) is 0 Å². The van der Waals surface area contributed by atoms with E-state index in [0.717, 1.165) is 11.7 Å². The van der Waals surface area contributed by atoms with Crippen LogP contribution < -0.4 is 16.0 Å². The highest BCUT2D eigenvalue weighted by atomic mass is 16.5. The smallest absolute Gasteiger partial charge is 0.119 e. The van der Waals surface area contributed by atoms with Crippen molar-refractivity contribution in [2.45, 2.75) is 25.8 Å². The molecular formula is C13H20N2O. The van der Waals surface area contributed by atoms with Gasteiger partial charge in [0.1, 0.15) is 5.75 Å². The lowest BCUT2D eigenvalue weighted by molar-refractivity contribution is 0.351. The van der Waals surface area contributed by atoms with Crippen molar-refractivity contribution in [2.75, 3.05) is 7.11 Å². The summed E-state index contributed by atoms with van der Waals surface area (Å²) in [6.07, 6.45) is 2.67. The van der Waals surface area contributed by atoms with Crippen LogP contribution in [0, 0.1) is 11.8 Å². The molecule has 0 bridgehead atoms. The molecule has 3 nitrogen and oxygen atoms in total. The van der Waals surface area contributed by atoms with Gasteiger partial charge in [0.2, 0.25) is 0 Å². The summed E-state index contributed by atoms with van der Waals surface area (Å²) in [5.74, 6) is 7.97. The molecule has 3 N–H and O–H groups in total. The predicted octanol–water partition coefficient (Wildman–Crippen LogP) is 2.25. The Morgan fingerprint density at radius 2 is 2.19 bits per heavy atom. The molecule has 16 heavy (non-hydrogen) atoms. The van der Waals surface area contributed by atoms with E-state index in [0.29, 0.717) is 5.92 Å². The van der Waals surface area contributed by atoms with Crippen LogP contribution in [-0.4, -0.2) is 7.11 Å². The number of nitrogens with one attached hydrogen (secondary N) is 1. The second-order valence-corrected chi connectivity index (χ2v) is 4.62. The SMILES string of the molecule is COc1cccc(C(NN)C(C)C2CC2)c1. The number of ether oxygens (including phenoxy) is 1. The fraction of sp³-hybridized carbons (Fsp3) is 0.538. The molecule has 0 radical (unpaired) electrons. The van der Waals surface area contributed by atoms with Gasteiger partial charge in [-0.1, -0.05) is 19.1 Å². The standard InChI is InChI=1S/C13H20N2O/c1-9(10-6-7-10)13(15-14)11-4-3-5-12(8-11)16-2/h3-5,8-10,13,15H,6-7,14H2,1-2H3. The van der Waals surface area contributed by atoms with E-state index in [4.69, 9.17) is 10.6 Å². The van der Waals surface area contributed by atoms with E-state index >= 15 is 0 Å². The molecule has 1 aromatic rings. The van der Waals surface area contributed by atoms with Gasteiger partial charge in [-0.15, -0.1) is 0 Å². The van der Waals surface area contributed by atoms with Crippen molar-refractivity contribution >= 4 is 0 Å². The van der Waals surface area contributed by atoms with Gasteiger partial charge in [0, 0.05) is 6.04 Å². The average molecular weight is 220 g/mol. The van der Waals surface area contributed by atoms with Crippen molar-refractivity contribution < 1.29 is 4.74 Å². The maximum Gasteiger partial charge on any atom is 0.119 e. The van der Waals surface area contributed by atoms with Crippen LogP contribution in [0.25, 0.3) is 0 Å². The van der Waals surface area contributed by atoms with Crippen LogP contribution in [0.2, 0.25) is 0 Å². The fourth-order valence-corrected chi connectivity index (χ4v) is 2.28. The number of hydrogen-bond acceptors (Lipinski definition) is 3. The zero-order valence-electron chi connectivity index (χ0n) is 9.94. The third kappa shape index (κ3) is 2.36. The third-order valence-corrected chi connectivity index (χ3v) is 3.52. The second kappa shape index (κ2) is 4.85. The van der Waals surface area contributed by atoms with E-state index in [1.807, 2.05) is 12.1 Å². The molecule has 1 aliphatic carbocycles. The van der Waals surface area contributed by atoms with Gasteiger partial charge < -0.3 is 4.74 Å². The Hall–Kier alpha value is -1.06. The first-order valence-corrected chi connectivity index (χ1v) is 5.86. The molecule has 0 amide bonds. The Kier molecular flexibility index (Phi) is 3.46. The van der Waals surface area contributed by atoms with Crippen molar-refractivity contribution in [3.8, 4) is 5.75 Å². The molecule has 0 heterocycles. The number of nitrogens with two attached hydrogens (primary N) is 1. The lowest BCUT2D eigenvalue weighted by Gasteiger charge is -2.23. The van der Waals surface area contributed by atoms with Crippen LogP contribution in [0.4, 0.5) is 0 Å². The van der Waals surface area contributed by atoms with E-state index < -0.39 is 0 Å². The van der Waals surface area contributed by atoms with Crippen molar-refractivity contribution in [3.63, 3.8) is 0 Å². The Labute approximate surface area is 97.0 Å². The molecule has 2 atom stereocenters. The lowest BCUT2D eigenvalue weighted by atomic mass is 9.91. The summed E-state index contributed by atoms with van der Waals surface area (Å²) in [7, 11) is 1.69. The van der Waals surface area contributed by atoms with Gasteiger partial charge in [-0.25, -0.2) is 0 Å². The average Bonchev–Trinajstić information content (AvgIpc) is 3.14. The Morgan fingerprint density at radius 3 is 2.75 bits per heavy atom. The molecular weight excluding hydrogens is 200 g/mol. The van der Waals surface area contributed by atoms with Crippen molar-refractivity contribution in [2.24, 2.45) is 17.7 Å². The second-order valence-electron chi connectivity index (χ2n) is 4.62. The molecule has 0 saturated heterocycles. The van der Waals surface area contributed by atoms with Crippen molar-refractivity contribution in [1.29, 1.82) is 0 Å². The molecule has 0 spiro atoms. The van der Waals surface area contributed by atoms with Crippen molar-refractivity contribution in [3.05, 3.63) is 29.8 Å². The highest BCUT2D eigenvalue weighted by molar-refractivity contribution is 5.31. The van der Waals surface area contributed by atoms with Crippen LogP contribution in [0.1, 0.15) is 31.4 Å². The maximum atomic E-state index is 5.67. The van der Waals surface area contributed by atoms with Crippen LogP contribution in [-0.2, 0) is 0 Å². The van der Waals surface area contributed by atoms with E-state index in [-0.39, 0.29) is 6.04 Å². The van der Waals surface area contributed by atoms with Gasteiger partial charge in [0.25, 0.3) is 0 Å². The predicted molar refractivity (Wildman–Crippen MR) is 64.9 cm³/mol. The summed E-state index contributed by atoms with van der Waals surface area (Å²) in [5.41, 5.74) is 4.14. The molecule has 1 aromatic carbocycles. The Balaban J connectivity index is 2.17. The number of hydrogen-bond donors (Lipinski definition) is 2. The Morgan fingerprint density at radius 1 is 1.44 bits per heavy atom. The van der Waals surface area contributed by atoms with Crippen molar-refractivity contribution in [1.82, 2.24) is 5.43 Å². The molecule has 2 rings (SSSR count). The van der Waals surface area contributed by atoms with E-state index in [9.17, 15) is 0 Å². The summed E-state index contributed by atoms with van der Waals surface area (Å²) in [5, 5.41) is 0. The van der Waals surface area contributed by atoms with Gasteiger partial charge in [0.15, 0.2) is 0 Å². The van der Waals surface area contributed by atoms with E-state index in [1.165, 1.54) is 18.4 Å². The molecule has 2 unspecified atom stereocenters. The summed E-state index contributed by atoms with van der Waals surface area (Å²) in [6.45, 7) is 2.27. The third-order valence-electron chi connectivity index (χ3n) is 3.52. The molecule has 1 fully saturated rings. The Bertz CT molecular complexity index is 350. The first kappa shape index (κ1) is 11.4. The fourth-order valence-electron chi connectivity index (χ4n) is 2.28. The zero-order chi connectivity index (χ0) is 11.5. The number of benzene rings is 1. The summed E-state index contributed by atoms with van der Waals surface area (Å²) >= 11 is 0. The topological polar surface area (TPSA) is 47.3 Å². The van der Waals surface area contributed by atoms with Gasteiger partial charge in [-0.3, -0.25) is 11.3 Å². The monoisotopic (exact) mass is 220 g/mol. The number of rotatable bonds is 5. The zero-order valence-corrected chi connectivity index (χ0v) is 9.94. The van der Waals surface area contributed by atoms with Crippen LogP contribution in [0.5, 0.6) is 5.75 Å². The number of methoxy groups -OCH3 is 1. The van der Waals surface area contributed by atoms with Crippen LogP contribution in [0.15, 0.2) is 24.3 Å². The minimum atomic E-state index is 0.225. The highest BCUT2D eigenvalue weighted by Gasteiger charge is 2.33. The normalized spacial score (nSPS) is 19.2.